The van der Waals surface area contributed by atoms with Crippen LogP contribution in [0.1, 0.15) is 76.1 Å². The molecule has 1 aliphatic rings. The Bertz CT molecular complexity index is 1060. The van der Waals surface area contributed by atoms with Gasteiger partial charge in [0.05, 0.1) is 16.1 Å². The fourth-order valence-electron chi connectivity index (χ4n) is 3.96. The number of aryl methyl sites for hydroxylation is 2. The quantitative estimate of drug-likeness (QED) is 0.356. The SMILES string of the molecule is CCC(C)C1CC(=O)N(C(C)CC)C1.CCc1cc(F)ccc1C(F)(F)F.Cc1ccc(C#N)c(Cl)c1. The zero-order valence-corrected chi connectivity index (χ0v) is 23.2. The summed E-state index contributed by atoms with van der Waals surface area (Å²) in [5.41, 5.74) is 0.847. The lowest BCUT2D eigenvalue weighted by atomic mass is 9.91. The van der Waals surface area contributed by atoms with Gasteiger partial charge in [-0.05, 0) is 80.0 Å². The normalized spacial score (nSPS) is 16.6. The molecule has 204 valence electrons. The first-order valence-electron chi connectivity index (χ1n) is 12.6. The van der Waals surface area contributed by atoms with Crippen LogP contribution in [0.25, 0.3) is 0 Å². The molecule has 0 N–H and O–H groups in total. The third-order valence-electron chi connectivity index (χ3n) is 6.76. The molecule has 37 heavy (non-hydrogen) atoms. The molecule has 8 heteroatoms. The van der Waals surface area contributed by atoms with Crippen LogP contribution >= 0.6 is 11.6 Å². The average molecular weight is 541 g/mol. The summed E-state index contributed by atoms with van der Waals surface area (Å²) < 4.78 is 49.3. The van der Waals surface area contributed by atoms with Crippen LogP contribution in [0.3, 0.4) is 0 Å². The lowest BCUT2D eigenvalue weighted by Gasteiger charge is -2.24. The van der Waals surface area contributed by atoms with Gasteiger partial charge in [0, 0.05) is 19.0 Å². The fraction of sp³-hybridized carbons (Fsp3) is 0.517. The predicted molar refractivity (Wildman–Crippen MR) is 141 cm³/mol. The van der Waals surface area contributed by atoms with Gasteiger partial charge in [0.25, 0.3) is 0 Å². The lowest BCUT2D eigenvalue weighted by Crippen LogP contribution is -2.34. The van der Waals surface area contributed by atoms with Crippen molar-refractivity contribution in [2.24, 2.45) is 11.8 Å². The number of nitriles is 1. The van der Waals surface area contributed by atoms with Gasteiger partial charge in [-0.2, -0.15) is 18.4 Å². The number of alkyl halides is 3. The summed E-state index contributed by atoms with van der Waals surface area (Å²) >= 11 is 5.71. The zero-order valence-electron chi connectivity index (χ0n) is 22.4. The third kappa shape index (κ3) is 10.0. The van der Waals surface area contributed by atoms with E-state index in [1.807, 2.05) is 19.1 Å². The van der Waals surface area contributed by atoms with Crippen LogP contribution in [0, 0.1) is 35.9 Å². The van der Waals surface area contributed by atoms with E-state index in [9.17, 15) is 22.4 Å². The average Bonchev–Trinajstić information content (AvgIpc) is 3.24. The van der Waals surface area contributed by atoms with Crippen LogP contribution < -0.4 is 0 Å². The van der Waals surface area contributed by atoms with Gasteiger partial charge >= 0.3 is 6.18 Å². The number of amides is 1. The maximum absolute atomic E-state index is 12.6. The highest BCUT2D eigenvalue weighted by Crippen LogP contribution is 2.32. The first-order chi connectivity index (χ1) is 17.3. The Morgan fingerprint density at radius 1 is 1.11 bits per heavy atom. The minimum atomic E-state index is -4.39. The number of likely N-dealkylation sites (tertiary alicyclic amines) is 1. The van der Waals surface area contributed by atoms with Crippen LogP contribution in [-0.2, 0) is 17.4 Å². The van der Waals surface area contributed by atoms with Crippen LogP contribution in [0.4, 0.5) is 17.6 Å². The molecule has 0 radical (unpaired) electrons. The summed E-state index contributed by atoms with van der Waals surface area (Å²) in [5.74, 6) is 1.02. The number of carbonyl (C=O) groups excluding carboxylic acids is 1. The molecule has 1 fully saturated rings. The first-order valence-corrected chi connectivity index (χ1v) is 13.0. The van der Waals surface area contributed by atoms with Crippen molar-refractivity contribution in [3.63, 3.8) is 0 Å². The summed E-state index contributed by atoms with van der Waals surface area (Å²) in [5, 5.41) is 9.00. The van der Waals surface area contributed by atoms with Crippen molar-refractivity contribution in [1.82, 2.24) is 4.90 Å². The van der Waals surface area contributed by atoms with Gasteiger partial charge in [-0.25, -0.2) is 4.39 Å². The number of rotatable bonds is 5. The minimum absolute atomic E-state index is 0.00694. The van der Waals surface area contributed by atoms with E-state index >= 15 is 0 Å². The topological polar surface area (TPSA) is 44.1 Å². The van der Waals surface area contributed by atoms with E-state index in [2.05, 4.69) is 32.6 Å². The molecule has 2 aromatic rings. The summed E-state index contributed by atoms with van der Waals surface area (Å²) in [6, 6.07) is 10.3. The highest BCUT2D eigenvalue weighted by molar-refractivity contribution is 6.31. The second-order valence-corrected chi connectivity index (χ2v) is 9.81. The first kappa shape index (κ1) is 32.4. The monoisotopic (exact) mass is 540 g/mol. The third-order valence-corrected chi connectivity index (χ3v) is 7.07. The summed E-state index contributed by atoms with van der Waals surface area (Å²) in [6.07, 6.45) is -1.18. The maximum Gasteiger partial charge on any atom is 0.416 e. The number of carbonyl (C=O) groups is 1. The van der Waals surface area contributed by atoms with Gasteiger partial charge in [-0.3, -0.25) is 4.79 Å². The molecule has 3 unspecified atom stereocenters. The molecule has 0 saturated carbocycles. The number of hydrogen-bond acceptors (Lipinski definition) is 2. The molecule has 0 bridgehead atoms. The molecule has 2 aromatic carbocycles. The molecule has 3 rings (SSSR count). The Balaban J connectivity index is 0.000000281. The molecule has 3 nitrogen and oxygen atoms in total. The Morgan fingerprint density at radius 2 is 1.76 bits per heavy atom. The molecule has 3 atom stereocenters. The lowest BCUT2D eigenvalue weighted by molar-refractivity contribution is -0.138. The Kier molecular flexibility index (Phi) is 13.1. The van der Waals surface area contributed by atoms with Crippen LogP contribution in [-0.4, -0.2) is 23.4 Å². The second kappa shape index (κ2) is 15.0. The Morgan fingerprint density at radius 3 is 2.24 bits per heavy atom. The van der Waals surface area contributed by atoms with E-state index in [1.54, 1.807) is 19.1 Å². The van der Waals surface area contributed by atoms with Crippen LogP contribution in [0.15, 0.2) is 36.4 Å². The molecule has 1 heterocycles. The predicted octanol–water partition coefficient (Wildman–Crippen LogP) is 8.61. The molecule has 1 aliphatic heterocycles. The van der Waals surface area contributed by atoms with Crippen LogP contribution in [0.5, 0.6) is 0 Å². The van der Waals surface area contributed by atoms with Crippen molar-refractivity contribution >= 4 is 17.5 Å². The van der Waals surface area contributed by atoms with E-state index in [4.69, 9.17) is 16.9 Å². The van der Waals surface area contributed by atoms with Crippen molar-refractivity contribution in [2.45, 2.75) is 79.4 Å². The number of benzene rings is 2. The zero-order chi connectivity index (χ0) is 28.3. The van der Waals surface area contributed by atoms with Crippen molar-refractivity contribution in [2.75, 3.05) is 6.54 Å². The second-order valence-electron chi connectivity index (χ2n) is 9.40. The number of nitrogens with zero attached hydrogens (tertiary/aromatic N) is 2. The summed E-state index contributed by atoms with van der Waals surface area (Å²) in [4.78, 5) is 13.8. The largest absolute Gasteiger partial charge is 0.416 e. The molecule has 0 aromatic heterocycles. The van der Waals surface area contributed by atoms with E-state index in [1.165, 1.54) is 6.42 Å². The van der Waals surface area contributed by atoms with Gasteiger partial charge in [-0.15, -0.1) is 0 Å². The van der Waals surface area contributed by atoms with E-state index in [0.717, 1.165) is 43.1 Å². The van der Waals surface area contributed by atoms with Crippen LogP contribution in [0.2, 0.25) is 5.02 Å². The summed E-state index contributed by atoms with van der Waals surface area (Å²) in [7, 11) is 0. The number of halogens is 5. The maximum atomic E-state index is 12.6. The van der Waals surface area contributed by atoms with Gasteiger partial charge in [0.15, 0.2) is 0 Å². The van der Waals surface area contributed by atoms with E-state index < -0.39 is 17.6 Å². The fourth-order valence-corrected chi connectivity index (χ4v) is 4.24. The molecule has 0 aliphatic carbocycles. The van der Waals surface area contributed by atoms with E-state index in [-0.39, 0.29) is 12.0 Å². The van der Waals surface area contributed by atoms with Gasteiger partial charge in [-0.1, -0.05) is 51.8 Å². The van der Waals surface area contributed by atoms with E-state index in [0.29, 0.717) is 34.4 Å². The van der Waals surface area contributed by atoms with Crippen molar-refractivity contribution in [3.05, 3.63) is 69.5 Å². The standard InChI is InChI=1S/C12H23NO.C9H8F4.C8H6ClN/c1-5-9(3)11-7-12(14)13(8-11)10(4)6-2;1-2-6-5-7(10)3-4-8(6)9(11,12)13;1-6-2-3-7(5-10)8(9)4-6/h9-11H,5-8H2,1-4H3;3-5H,2H2,1H3;2-4H,1H3. The molecule has 0 spiro atoms. The minimum Gasteiger partial charge on any atom is -0.340 e. The van der Waals surface area contributed by atoms with Gasteiger partial charge < -0.3 is 4.90 Å². The highest BCUT2D eigenvalue weighted by Gasteiger charge is 2.34. The van der Waals surface area contributed by atoms with Crippen molar-refractivity contribution < 1.29 is 22.4 Å². The number of hydrogen-bond donors (Lipinski definition) is 0. The highest BCUT2D eigenvalue weighted by atomic mass is 35.5. The molecular weight excluding hydrogens is 504 g/mol. The summed E-state index contributed by atoms with van der Waals surface area (Å²) in [6.45, 7) is 13.3. The molecule has 1 amide bonds. The molecular formula is C29H37ClF4N2O. The molecule has 1 saturated heterocycles. The van der Waals surface area contributed by atoms with Gasteiger partial charge in [0.1, 0.15) is 11.9 Å². The van der Waals surface area contributed by atoms with Crippen molar-refractivity contribution in [3.8, 4) is 6.07 Å². The van der Waals surface area contributed by atoms with Crippen molar-refractivity contribution in [1.29, 1.82) is 5.26 Å². The van der Waals surface area contributed by atoms with Gasteiger partial charge in [0.2, 0.25) is 5.91 Å². The smallest absolute Gasteiger partial charge is 0.340 e. The Labute approximate surface area is 223 Å². The Hall–Kier alpha value is -2.59.